The highest BCUT2D eigenvalue weighted by molar-refractivity contribution is 7.14. The van der Waals surface area contributed by atoms with E-state index in [2.05, 4.69) is 5.32 Å². The van der Waals surface area contributed by atoms with Crippen LogP contribution >= 0.6 is 11.3 Å². The van der Waals surface area contributed by atoms with Crippen LogP contribution < -0.4 is 5.32 Å². The number of amides is 1. The Morgan fingerprint density at radius 3 is 2.46 bits per heavy atom. The third kappa shape index (κ3) is 2.56. The van der Waals surface area contributed by atoms with Gasteiger partial charge in [0.1, 0.15) is 0 Å². The lowest BCUT2D eigenvalue weighted by Crippen LogP contribution is -2.29. The minimum atomic E-state index is 0.0381. The van der Waals surface area contributed by atoms with Crippen molar-refractivity contribution in [1.29, 1.82) is 0 Å². The van der Waals surface area contributed by atoms with Crippen LogP contribution in [0.3, 0.4) is 0 Å². The van der Waals surface area contributed by atoms with E-state index < -0.39 is 0 Å². The maximum atomic E-state index is 11.5. The minimum Gasteiger partial charge on any atom is -0.349 e. The van der Waals surface area contributed by atoms with Crippen molar-refractivity contribution in [3.8, 4) is 0 Å². The number of rotatable bonds is 2. The Morgan fingerprint density at radius 2 is 2.08 bits per heavy atom. The molecule has 1 rings (SSSR count). The summed E-state index contributed by atoms with van der Waals surface area (Å²) in [5, 5.41) is 2.87. The summed E-state index contributed by atoms with van der Waals surface area (Å²) in [6.45, 7) is 7.99. The van der Waals surface area contributed by atoms with E-state index in [0.717, 1.165) is 4.88 Å². The molecule has 0 atom stereocenters. The van der Waals surface area contributed by atoms with Gasteiger partial charge in [-0.05, 0) is 39.3 Å². The van der Waals surface area contributed by atoms with Gasteiger partial charge in [-0.15, -0.1) is 11.3 Å². The third-order valence-corrected chi connectivity index (χ3v) is 2.96. The molecule has 1 aromatic heterocycles. The van der Waals surface area contributed by atoms with Crippen LogP contribution in [0.1, 0.15) is 34.0 Å². The fourth-order valence-electron chi connectivity index (χ4n) is 1.02. The summed E-state index contributed by atoms with van der Waals surface area (Å²) in [7, 11) is 0. The van der Waals surface area contributed by atoms with Crippen LogP contribution in [0.4, 0.5) is 0 Å². The molecule has 0 saturated carbocycles. The van der Waals surface area contributed by atoms with Gasteiger partial charge in [0.2, 0.25) is 0 Å². The molecular formula is C10H15NOS. The fraction of sp³-hybridized carbons (Fsp3) is 0.500. The van der Waals surface area contributed by atoms with Gasteiger partial charge in [0.25, 0.3) is 5.91 Å². The lowest BCUT2D eigenvalue weighted by atomic mass is 10.3. The molecule has 0 aliphatic rings. The largest absolute Gasteiger partial charge is 0.349 e. The van der Waals surface area contributed by atoms with Gasteiger partial charge in [0.05, 0.1) is 4.88 Å². The molecule has 13 heavy (non-hydrogen) atoms. The van der Waals surface area contributed by atoms with Gasteiger partial charge in [0, 0.05) is 10.9 Å². The number of hydrogen-bond donors (Lipinski definition) is 1. The molecule has 0 aliphatic heterocycles. The standard InChI is InChI=1S/C10H15NOS/c1-6(2)11-10(12)9-5-7(3)8(4)13-9/h5-6H,1-4H3,(H,11,12). The lowest BCUT2D eigenvalue weighted by molar-refractivity contribution is 0.0947. The minimum absolute atomic E-state index is 0.0381. The van der Waals surface area contributed by atoms with E-state index in [1.807, 2.05) is 33.8 Å². The molecule has 72 valence electrons. The quantitative estimate of drug-likeness (QED) is 0.775. The number of carbonyl (C=O) groups excluding carboxylic acids is 1. The summed E-state index contributed by atoms with van der Waals surface area (Å²) in [6.07, 6.45) is 0. The number of carbonyl (C=O) groups is 1. The third-order valence-electron chi connectivity index (χ3n) is 1.81. The first-order valence-corrected chi connectivity index (χ1v) is 5.20. The molecule has 1 amide bonds. The Morgan fingerprint density at radius 1 is 1.46 bits per heavy atom. The van der Waals surface area contributed by atoms with E-state index in [-0.39, 0.29) is 11.9 Å². The van der Waals surface area contributed by atoms with E-state index in [1.165, 1.54) is 10.4 Å². The second-order valence-corrected chi connectivity index (χ2v) is 4.73. The summed E-state index contributed by atoms with van der Waals surface area (Å²) >= 11 is 1.55. The van der Waals surface area contributed by atoms with Gasteiger partial charge < -0.3 is 5.32 Å². The Bertz CT molecular complexity index is 295. The van der Waals surface area contributed by atoms with Crippen molar-refractivity contribution < 1.29 is 4.79 Å². The van der Waals surface area contributed by atoms with Crippen LogP contribution in [-0.2, 0) is 0 Å². The van der Waals surface area contributed by atoms with Crippen molar-refractivity contribution in [2.24, 2.45) is 0 Å². The predicted molar refractivity (Wildman–Crippen MR) is 56.4 cm³/mol. The number of aryl methyl sites for hydroxylation is 2. The highest BCUT2D eigenvalue weighted by Crippen LogP contribution is 2.20. The molecule has 0 radical (unpaired) electrons. The Balaban J connectivity index is 2.77. The first-order valence-electron chi connectivity index (χ1n) is 4.38. The molecule has 1 heterocycles. The second kappa shape index (κ2) is 3.92. The smallest absolute Gasteiger partial charge is 0.261 e. The van der Waals surface area contributed by atoms with E-state index in [0.29, 0.717) is 0 Å². The molecule has 0 spiro atoms. The van der Waals surface area contributed by atoms with E-state index >= 15 is 0 Å². The van der Waals surface area contributed by atoms with Crippen molar-refractivity contribution >= 4 is 17.2 Å². The fourth-order valence-corrected chi connectivity index (χ4v) is 1.96. The van der Waals surface area contributed by atoms with E-state index in [9.17, 15) is 4.79 Å². The Labute approximate surface area is 83.0 Å². The first-order chi connectivity index (χ1) is 6.00. The molecule has 0 unspecified atom stereocenters. The molecule has 0 saturated heterocycles. The zero-order valence-electron chi connectivity index (χ0n) is 8.47. The van der Waals surface area contributed by atoms with Crippen LogP contribution in [0.5, 0.6) is 0 Å². The van der Waals surface area contributed by atoms with Gasteiger partial charge in [-0.2, -0.15) is 0 Å². The van der Waals surface area contributed by atoms with Crippen molar-refractivity contribution in [3.63, 3.8) is 0 Å². The molecule has 0 bridgehead atoms. The Hall–Kier alpha value is -0.830. The van der Waals surface area contributed by atoms with Crippen molar-refractivity contribution in [1.82, 2.24) is 5.32 Å². The average molecular weight is 197 g/mol. The van der Waals surface area contributed by atoms with Gasteiger partial charge >= 0.3 is 0 Å². The van der Waals surface area contributed by atoms with E-state index in [1.54, 1.807) is 11.3 Å². The zero-order valence-corrected chi connectivity index (χ0v) is 9.29. The molecule has 1 N–H and O–H groups in total. The van der Waals surface area contributed by atoms with Crippen LogP contribution in [0, 0.1) is 13.8 Å². The van der Waals surface area contributed by atoms with Gasteiger partial charge in [-0.25, -0.2) is 0 Å². The summed E-state index contributed by atoms with van der Waals surface area (Å²) in [6, 6.07) is 2.15. The number of thiophene rings is 1. The highest BCUT2D eigenvalue weighted by atomic mass is 32.1. The average Bonchev–Trinajstić information content (AvgIpc) is 2.31. The van der Waals surface area contributed by atoms with Crippen molar-refractivity contribution in [3.05, 3.63) is 21.4 Å². The number of hydrogen-bond acceptors (Lipinski definition) is 2. The zero-order chi connectivity index (χ0) is 10.0. The van der Waals surface area contributed by atoms with Gasteiger partial charge in [-0.3, -0.25) is 4.79 Å². The summed E-state index contributed by atoms with van der Waals surface area (Å²) in [5.41, 5.74) is 1.19. The topological polar surface area (TPSA) is 29.1 Å². The Kier molecular flexibility index (Phi) is 3.09. The van der Waals surface area contributed by atoms with Crippen LogP contribution in [-0.4, -0.2) is 11.9 Å². The first kappa shape index (κ1) is 10.3. The van der Waals surface area contributed by atoms with Gasteiger partial charge in [0.15, 0.2) is 0 Å². The summed E-state index contributed by atoms with van der Waals surface area (Å²) < 4.78 is 0. The second-order valence-electron chi connectivity index (χ2n) is 3.48. The molecule has 0 fully saturated rings. The molecule has 2 nitrogen and oxygen atoms in total. The van der Waals surface area contributed by atoms with Crippen molar-refractivity contribution in [2.45, 2.75) is 33.7 Å². The summed E-state index contributed by atoms with van der Waals surface area (Å²) in [5.74, 6) is 0.0381. The maximum Gasteiger partial charge on any atom is 0.261 e. The van der Waals surface area contributed by atoms with E-state index in [4.69, 9.17) is 0 Å². The van der Waals surface area contributed by atoms with Crippen LogP contribution in [0.25, 0.3) is 0 Å². The SMILES string of the molecule is Cc1cc(C(=O)NC(C)C)sc1C. The van der Waals surface area contributed by atoms with Crippen LogP contribution in [0.2, 0.25) is 0 Å². The maximum absolute atomic E-state index is 11.5. The van der Waals surface area contributed by atoms with Crippen LogP contribution in [0.15, 0.2) is 6.07 Å². The molecule has 3 heteroatoms. The molecular weight excluding hydrogens is 182 g/mol. The monoisotopic (exact) mass is 197 g/mol. The predicted octanol–water partition coefficient (Wildman–Crippen LogP) is 2.50. The normalized spacial score (nSPS) is 10.5. The summed E-state index contributed by atoms with van der Waals surface area (Å²) in [4.78, 5) is 13.5. The molecule has 0 aromatic carbocycles. The highest BCUT2D eigenvalue weighted by Gasteiger charge is 2.10. The lowest BCUT2D eigenvalue weighted by Gasteiger charge is -2.05. The number of nitrogens with one attached hydrogen (secondary N) is 1. The van der Waals surface area contributed by atoms with Crippen molar-refractivity contribution in [2.75, 3.05) is 0 Å². The molecule has 1 aromatic rings. The molecule has 0 aliphatic carbocycles. The van der Waals surface area contributed by atoms with Gasteiger partial charge in [-0.1, -0.05) is 0 Å².